The van der Waals surface area contributed by atoms with Gasteiger partial charge in [0.15, 0.2) is 0 Å². The number of rotatable bonds is 3. The van der Waals surface area contributed by atoms with Crippen molar-refractivity contribution in [3.05, 3.63) is 29.8 Å². The van der Waals surface area contributed by atoms with E-state index in [0.717, 1.165) is 0 Å². The first-order chi connectivity index (χ1) is 11.8. The number of ether oxygens (including phenoxy) is 1. The van der Waals surface area contributed by atoms with E-state index in [9.17, 15) is 19.2 Å². The molecule has 2 aliphatic rings. The maximum Gasteiger partial charge on any atom is 0.269 e. The highest BCUT2D eigenvalue weighted by Gasteiger charge is 2.72. The van der Waals surface area contributed by atoms with Crippen molar-refractivity contribution in [2.45, 2.75) is 26.7 Å². The number of amides is 2. The minimum absolute atomic E-state index is 0.319. The lowest BCUT2D eigenvalue weighted by Crippen LogP contribution is -2.55. The summed E-state index contributed by atoms with van der Waals surface area (Å²) in [6.07, 6.45) is 0.830. The van der Waals surface area contributed by atoms with Crippen LogP contribution in [-0.4, -0.2) is 30.5 Å². The molecule has 0 aromatic heterocycles. The molecule has 3 rings (SSSR count). The number of fused-ring (bicyclic) bond motifs is 2. The Kier molecular flexibility index (Phi) is 3.89. The lowest BCUT2D eigenvalue weighted by Gasteiger charge is -2.33. The number of methoxy groups -OCH3 is 1. The number of nitrogens with one attached hydrogen (secondary N) is 2. The second kappa shape index (κ2) is 5.68. The summed E-state index contributed by atoms with van der Waals surface area (Å²) >= 11 is 0. The molecule has 2 atom stereocenters. The number of hydrogen-bond acceptors (Lipinski definition) is 5. The fourth-order valence-corrected chi connectivity index (χ4v) is 4.12. The first-order valence-electron chi connectivity index (χ1n) is 8.09. The number of benzene rings is 1. The molecule has 25 heavy (non-hydrogen) atoms. The van der Waals surface area contributed by atoms with E-state index in [0.29, 0.717) is 24.2 Å². The van der Waals surface area contributed by atoms with Crippen molar-refractivity contribution in [1.29, 1.82) is 0 Å². The molecule has 7 nitrogen and oxygen atoms in total. The van der Waals surface area contributed by atoms with Crippen LogP contribution in [0.3, 0.4) is 0 Å². The fraction of sp³-hybridized carbons (Fsp3) is 0.444. The van der Waals surface area contributed by atoms with Crippen LogP contribution in [0, 0.1) is 16.7 Å². The Bertz CT molecular complexity index is 768. The molecule has 1 aromatic rings. The Morgan fingerprint density at radius 1 is 1.12 bits per heavy atom. The zero-order valence-electron chi connectivity index (χ0n) is 14.3. The molecule has 2 aliphatic carbocycles. The summed E-state index contributed by atoms with van der Waals surface area (Å²) in [4.78, 5) is 49.3. The van der Waals surface area contributed by atoms with Gasteiger partial charge in [-0.2, -0.15) is 0 Å². The molecule has 0 spiro atoms. The third kappa shape index (κ3) is 2.26. The second-order valence-corrected chi connectivity index (χ2v) is 7.05. The first kappa shape index (κ1) is 17.1. The van der Waals surface area contributed by atoms with E-state index in [1.807, 2.05) is 0 Å². The maximum atomic E-state index is 12.7. The van der Waals surface area contributed by atoms with Crippen molar-refractivity contribution in [2.24, 2.45) is 16.7 Å². The van der Waals surface area contributed by atoms with Gasteiger partial charge in [-0.3, -0.25) is 30.0 Å². The Hall–Kier alpha value is -2.70. The van der Waals surface area contributed by atoms with Gasteiger partial charge in [-0.05, 0) is 42.5 Å². The van der Waals surface area contributed by atoms with Gasteiger partial charge in [-0.25, -0.2) is 0 Å². The normalized spacial score (nSPS) is 26.4. The minimum atomic E-state index is -1.40. The van der Waals surface area contributed by atoms with Gasteiger partial charge >= 0.3 is 0 Å². The summed E-state index contributed by atoms with van der Waals surface area (Å²) in [6.45, 7) is 3.52. The summed E-state index contributed by atoms with van der Waals surface area (Å²) in [7, 11) is 1.52. The molecule has 0 saturated heterocycles. The van der Waals surface area contributed by atoms with E-state index < -0.39 is 40.1 Å². The standard InChI is InChI=1S/C18H20N2O5/c1-17(2)12-8-9-18(17,14(22)13(12)21)16(24)20-19-15(23)10-4-6-11(25-3)7-5-10/h4-7,12H,8-9H2,1-3H3,(H,19,23)(H,20,24). The highest BCUT2D eigenvalue weighted by atomic mass is 16.5. The first-order valence-corrected chi connectivity index (χ1v) is 8.09. The van der Waals surface area contributed by atoms with Crippen molar-refractivity contribution in [3.63, 3.8) is 0 Å². The zero-order chi connectivity index (χ0) is 18.4. The SMILES string of the molecule is COc1ccc(C(=O)NNC(=O)C23CCC(C(=O)C2=O)C3(C)C)cc1. The minimum Gasteiger partial charge on any atom is -0.497 e. The third-order valence-corrected chi connectivity index (χ3v) is 5.74. The predicted octanol–water partition coefficient (Wildman–Crippen LogP) is 1.03. The van der Waals surface area contributed by atoms with Crippen LogP contribution >= 0.6 is 0 Å². The number of Topliss-reactive ketones (excluding diaryl/α,β-unsaturated/α-hetero) is 2. The van der Waals surface area contributed by atoms with Gasteiger partial charge in [0.25, 0.3) is 11.8 Å². The van der Waals surface area contributed by atoms with Gasteiger partial charge in [-0.15, -0.1) is 0 Å². The summed E-state index contributed by atoms with van der Waals surface area (Å²) < 4.78 is 5.02. The van der Waals surface area contributed by atoms with E-state index in [-0.39, 0.29) is 0 Å². The molecule has 2 fully saturated rings. The maximum absolute atomic E-state index is 12.7. The molecule has 2 N–H and O–H groups in total. The predicted molar refractivity (Wildman–Crippen MR) is 87.6 cm³/mol. The molecule has 2 bridgehead atoms. The quantitative estimate of drug-likeness (QED) is 0.484. The van der Waals surface area contributed by atoms with Crippen molar-refractivity contribution in [1.82, 2.24) is 10.9 Å². The van der Waals surface area contributed by atoms with Crippen molar-refractivity contribution < 1.29 is 23.9 Å². The third-order valence-electron chi connectivity index (χ3n) is 5.74. The molecule has 2 unspecified atom stereocenters. The van der Waals surface area contributed by atoms with Crippen LogP contribution < -0.4 is 15.6 Å². The van der Waals surface area contributed by atoms with Crippen LogP contribution in [0.1, 0.15) is 37.0 Å². The molecule has 0 heterocycles. The number of carbonyl (C=O) groups excluding carboxylic acids is 4. The summed E-state index contributed by atoms with van der Waals surface area (Å²) in [5.74, 6) is -2.09. The molecule has 1 aromatic carbocycles. The van der Waals surface area contributed by atoms with Crippen LogP contribution in [-0.2, 0) is 14.4 Å². The number of ketones is 2. The van der Waals surface area contributed by atoms with Crippen LogP contribution in [0.4, 0.5) is 0 Å². The highest BCUT2D eigenvalue weighted by Crippen LogP contribution is 2.62. The van der Waals surface area contributed by atoms with Crippen LogP contribution in [0.15, 0.2) is 24.3 Å². The molecule has 132 valence electrons. The van der Waals surface area contributed by atoms with E-state index >= 15 is 0 Å². The monoisotopic (exact) mass is 344 g/mol. The van der Waals surface area contributed by atoms with Crippen molar-refractivity contribution >= 4 is 23.4 Å². The van der Waals surface area contributed by atoms with Gasteiger partial charge in [0, 0.05) is 11.5 Å². The van der Waals surface area contributed by atoms with Gasteiger partial charge in [-0.1, -0.05) is 13.8 Å². The summed E-state index contributed by atoms with van der Waals surface area (Å²) in [5, 5.41) is 0. The van der Waals surface area contributed by atoms with Crippen molar-refractivity contribution in [3.8, 4) is 5.75 Å². The van der Waals surface area contributed by atoms with Crippen LogP contribution in [0.25, 0.3) is 0 Å². The fourth-order valence-electron chi connectivity index (χ4n) is 4.12. The molecule has 0 aliphatic heterocycles. The van der Waals surface area contributed by atoms with Gasteiger partial charge < -0.3 is 4.74 Å². The van der Waals surface area contributed by atoms with Gasteiger partial charge in [0.05, 0.1) is 7.11 Å². The summed E-state index contributed by atoms with van der Waals surface area (Å²) in [6, 6.07) is 6.36. The van der Waals surface area contributed by atoms with Crippen LogP contribution in [0.5, 0.6) is 5.75 Å². The molecular formula is C18H20N2O5. The number of hydrazine groups is 1. The van der Waals surface area contributed by atoms with Crippen molar-refractivity contribution in [2.75, 3.05) is 7.11 Å². The Morgan fingerprint density at radius 3 is 2.28 bits per heavy atom. The average Bonchev–Trinajstić information content (AvgIpc) is 2.96. The smallest absolute Gasteiger partial charge is 0.269 e. The van der Waals surface area contributed by atoms with Gasteiger partial charge in [0.2, 0.25) is 11.6 Å². The lowest BCUT2D eigenvalue weighted by molar-refractivity contribution is -0.149. The Labute approximate surface area is 145 Å². The molecular weight excluding hydrogens is 324 g/mol. The Balaban J connectivity index is 1.73. The largest absolute Gasteiger partial charge is 0.497 e. The summed E-state index contributed by atoms with van der Waals surface area (Å²) in [5.41, 5.74) is 2.83. The highest BCUT2D eigenvalue weighted by molar-refractivity contribution is 6.47. The van der Waals surface area contributed by atoms with E-state index in [4.69, 9.17) is 4.74 Å². The van der Waals surface area contributed by atoms with E-state index in [2.05, 4.69) is 10.9 Å². The molecule has 2 saturated carbocycles. The molecule has 2 amide bonds. The lowest BCUT2D eigenvalue weighted by atomic mass is 9.68. The molecule has 0 radical (unpaired) electrons. The molecule has 7 heteroatoms. The van der Waals surface area contributed by atoms with E-state index in [1.165, 1.54) is 7.11 Å². The Morgan fingerprint density at radius 2 is 1.76 bits per heavy atom. The number of carbonyl (C=O) groups is 4. The van der Waals surface area contributed by atoms with Gasteiger partial charge in [0.1, 0.15) is 11.2 Å². The average molecular weight is 344 g/mol. The topological polar surface area (TPSA) is 102 Å². The van der Waals surface area contributed by atoms with E-state index in [1.54, 1.807) is 38.1 Å². The number of hydrogen-bond donors (Lipinski definition) is 2. The zero-order valence-corrected chi connectivity index (χ0v) is 14.3. The second-order valence-electron chi connectivity index (χ2n) is 7.05. The van der Waals surface area contributed by atoms with Crippen LogP contribution in [0.2, 0.25) is 0 Å².